The molecule has 3 aromatic rings. The number of nitrogens with zero attached hydrogens (tertiary/aromatic N) is 2. The molecule has 0 saturated carbocycles. The number of carbonyl (C=O) groups excluding carboxylic acids is 1. The Morgan fingerprint density at radius 2 is 1.79 bits per heavy atom. The van der Waals surface area contributed by atoms with Gasteiger partial charge >= 0.3 is 0 Å². The van der Waals surface area contributed by atoms with Crippen molar-refractivity contribution in [3.8, 4) is 5.75 Å². The maximum atomic E-state index is 12.5. The molecule has 1 aromatic heterocycles. The third-order valence-electron chi connectivity index (χ3n) is 4.27. The van der Waals surface area contributed by atoms with E-state index in [0.717, 1.165) is 34.7 Å². The van der Waals surface area contributed by atoms with Gasteiger partial charge in [-0.1, -0.05) is 35.9 Å². The Labute approximate surface area is 165 Å². The number of aromatic nitrogens is 2. The third kappa shape index (κ3) is 5.07. The Morgan fingerprint density at radius 3 is 2.54 bits per heavy atom. The second-order valence-electron chi connectivity index (χ2n) is 6.53. The van der Waals surface area contributed by atoms with Gasteiger partial charge in [-0.3, -0.25) is 4.79 Å². The first-order valence-corrected chi connectivity index (χ1v) is 9.14. The van der Waals surface area contributed by atoms with Crippen molar-refractivity contribution < 1.29 is 9.53 Å². The second kappa shape index (κ2) is 8.99. The van der Waals surface area contributed by atoms with Gasteiger partial charge in [-0.05, 0) is 50.1 Å². The summed E-state index contributed by atoms with van der Waals surface area (Å²) in [5.74, 6) is 1.03. The molecule has 2 aromatic carbocycles. The van der Waals surface area contributed by atoms with E-state index in [2.05, 4.69) is 20.6 Å². The zero-order valence-electron chi connectivity index (χ0n) is 16.3. The third-order valence-corrected chi connectivity index (χ3v) is 4.27. The van der Waals surface area contributed by atoms with Gasteiger partial charge in [0.05, 0.1) is 7.11 Å². The molecule has 6 heteroatoms. The molecule has 0 aliphatic heterocycles. The van der Waals surface area contributed by atoms with Crippen molar-refractivity contribution in [2.75, 3.05) is 24.3 Å². The molecule has 0 saturated heterocycles. The van der Waals surface area contributed by atoms with Gasteiger partial charge in [0, 0.05) is 17.9 Å². The minimum absolute atomic E-state index is 0.262. The second-order valence-corrected chi connectivity index (χ2v) is 6.53. The Kier molecular flexibility index (Phi) is 6.22. The predicted octanol–water partition coefficient (Wildman–Crippen LogP) is 4.01. The monoisotopic (exact) mass is 376 g/mol. The van der Waals surface area contributed by atoms with Crippen LogP contribution in [0.3, 0.4) is 0 Å². The maximum Gasteiger partial charge on any atom is 0.274 e. The number of anilines is 2. The SMILES string of the molecule is COc1ccccc1CCNc1nc(C)cc(C(=O)Nc2ccc(C)cc2)n1. The molecule has 1 heterocycles. The number of rotatable bonds is 7. The lowest BCUT2D eigenvalue weighted by Crippen LogP contribution is -2.17. The number of ether oxygens (including phenoxy) is 1. The average molecular weight is 376 g/mol. The van der Waals surface area contributed by atoms with E-state index in [4.69, 9.17) is 4.74 Å². The Hall–Kier alpha value is -3.41. The summed E-state index contributed by atoms with van der Waals surface area (Å²) >= 11 is 0. The van der Waals surface area contributed by atoms with E-state index >= 15 is 0 Å². The summed E-state index contributed by atoms with van der Waals surface area (Å²) in [7, 11) is 1.66. The molecular formula is C22H24N4O2. The lowest BCUT2D eigenvalue weighted by atomic mass is 10.1. The zero-order valence-corrected chi connectivity index (χ0v) is 16.3. The molecule has 0 radical (unpaired) electrons. The summed E-state index contributed by atoms with van der Waals surface area (Å²) < 4.78 is 5.37. The lowest BCUT2D eigenvalue weighted by Gasteiger charge is -2.10. The van der Waals surface area contributed by atoms with Gasteiger partial charge in [-0.15, -0.1) is 0 Å². The largest absolute Gasteiger partial charge is 0.496 e. The summed E-state index contributed by atoms with van der Waals surface area (Å²) in [6.07, 6.45) is 0.756. The fraction of sp³-hybridized carbons (Fsp3) is 0.227. The number of hydrogen-bond acceptors (Lipinski definition) is 5. The molecule has 0 aliphatic rings. The molecule has 3 rings (SSSR count). The molecule has 0 atom stereocenters. The van der Waals surface area contributed by atoms with Crippen LogP contribution in [0.4, 0.5) is 11.6 Å². The lowest BCUT2D eigenvalue weighted by molar-refractivity contribution is 0.102. The number of benzene rings is 2. The summed E-state index contributed by atoms with van der Waals surface area (Å²) in [6.45, 7) is 4.47. The Balaban J connectivity index is 1.65. The van der Waals surface area contributed by atoms with Gasteiger partial charge in [-0.25, -0.2) is 9.97 Å². The zero-order chi connectivity index (χ0) is 19.9. The van der Waals surface area contributed by atoms with Crippen LogP contribution < -0.4 is 15.4 Å². The van der Waals surface area contributed by atoms with Gasteiger partial charge in [-0.2, -0.15) is 0 Å². The summed E-state index contributed by atoms with van der Waals surface area (Å²) in [6, 6.07) is 17.2. The van der Waals surface area contributed by atoms with Gasteiger partial charge in [0.2, 0.25) is 5.95 Å². The highest BCUT2D eigenvalue weighted by atomic mass is 16.5. The van der Waals surface area contributed by atoms with Crippen LogP contribution in [0.1, 0.15) is 27.3 Å². The number of methoxy groups -OCH3 is 1. The van der Waals surface area contributed by atoms with Crippen LogP contribution >= 0.6 is 0 Å². The Morgan fingerprint density at radius 1 is 1.04 bits per heavy atom. The molecule has 2 N–H and O–H groups in total. The van der Waals surface area contributed by atoms with Crippen molar-refractivity contribution in [3.05, 3.63) is 77.1 Å². The standard InChI is InChI=1S/C22H24N4O2/c1-15-8-10-18(11-9-15)25-21(27)19-14-16(2)24-22(26-19)23-13-12-17-6-4-5-7-20(17)28-3/h4-11,14H,12-13H2,1-3H3,(H,25,27)(H,23,24,26). The van der Waals surface area contributed by atoms with E-state index in [1.807, 2.05) is 62.4 Å². The molecule has 0 unspecified atom stereocenters. The van der Waals surface area contributed by atoms with E-state index < -0.39 is 0 Å². The number of hydrogen-bond donors (Lipinski definition) is 2. The van der Waals surface area contributed by atoms with Gasteiger partial charge < -0.3 is 15.4 Å². The van der Waals surface area contributed by atoms with Crippen LogP contribution in [0.25, 0.3) is 0 Å². The molecule has 0 bridgehead atoms. The van der Waals surface area contributed by atoms with E-state index in [1.165, 1.54) is 0 Å². The normalized spacial score (nSPS) is 10.4. The van der Waals surface area contributed by atoms with E-state index in [1.54, 1.807) is 13.2 Å². The number of para-hydroxylation sites is 1. The number of aryl methyl sites for hydroxylation is 2. The van der Waals surface area contributed by atoms with Crippen molar-refractivity contribution in [2.24, 2.45) is 0 Å². The van der Waals surface area contributed by atoms with Crippen molar-refractivity contribution >= 4 is 17.5 Å². The molecule has 0 aliphatic carbocycles. The van der Waals surface area contributed by atoms with Crippen LogP contribution in [0.15, 0.2) is 54.6 Å². The van der Waals surface area contributed by atoms with Crippen molar-refractivity contribution in [1.29, 1.82) is 0 Å². The number of carbonyl (C=O) groups is 1. The first kappa shape index (κ1) is 19.4. The minimum Gasteiger partial charge on any atom is -0.496 e. The average Bonchev–Trinajstić information content (AvgIpc) is 2.69. The highest BCUT2D eigenvalue weighted by molar-refractivity contribution is 6.03. The van der Waals surface area contributed by atoms with Crippen molar-refractivity contribution in [2.45, 2.75) is 20.3 Å². The van der Waals surface area contributed by atoms with E-state index in [0.29, 0.717) is 18.2 Å². The highest BCUT2D eigenvalue weighted by Crippen LogP contribution is 2.18. The van der Waals surface area contributed by atoms with Crippen LogP contribution in [0.2, 0.25) is 0 Å². The molecule has 28 heavy (non-hydrogen) atoms. The fourth-order valence-electron chi connectivity index (χ4n) is 2.81. The fourth-order valence-corrected chi connectivity index (χ4v) is 2.81. The molecule has 0 fully saturated rings. The van der Waals surface area contributed by atoms with Crippen LogP contribution in [0.5, 0.6) is 5.75 Å². The van der Waals surface area contributed by atoms with Crippen LogP contribution in [0, 0.1) is 13.8 Å². The van der Waals surface area contributed by atoms with Crippen LogP contribution in [-0.4, -0.2) is 29.5 Å². The molecule has 1 amide bonds. The Bertz CT molecular complexity index is 955. The van der Waals surface area contributed by atoms with Gasteiger partial charge in [0.15, 0.2) is 0 Å². The van der Waals surface area contributed by atoms with Gasteiger partial charge in [0.1, 0.15) is 11.4 Å². The first-order chi connectivity index (χ1) is 13.5. The smallest absolute Gasteiger partial charge is 0.274 e. The maximum absolute atomic E-state index is 12.5. The summed E-state index contributed by atoms with van der Waals surface area (Å²) in [5.41, 5.74) is 4.02. The summed E-state index contributed by atoms with van der Waals surface area (Å²) in [5, 5.41) is 6.06. The molecule has 6 nitrogen and oxygen atoms in total. The predicted molar refractivity (Wildman–Crippen MR) is 111 cm³/mol. The highest BCUT2D eigenvalue weighted by Gasteiger charge is 2.11. The minimum atomic E-state index is -0.262. The van der Waals surface area contributed by atoms with Crippen molar-refractivity contribution in [1.82, 2.24) is 9.97 Å². The van der Waals surface area contributed by atoms with Crippen LogP contribution in [-0.2, 0) is 6.42 Å². The number of amides is 1. The molecule has 144 valence electrons. The van der Waals surface area contributed by atoms with Gasteiger partial charge in [0.25, 0.3) is 5.91 Å². The van der Waals surface area contributed by atoms with E-state index in [-0.39, 0.29) is 5.91 Å². The first-order valence-electron chi connectivity index (χ1n) is 9.14. The summed E-state index contributed by atoms with van der Waals surface area (Å²) in [4.78, 5) is 21.3. The van der Waals surface area contributed by atoms with Crippen molar-refractivity contribution in [3.63, 3.8) is 0 Å². The topological polar surface area (TPSA) is 76.1 Å². The molecule has 0 spiro atoms. The molecular weight excluding hydrogens is 352 g/mol. The van der Waals surface area contributed by atoms with E-state index in [9.17, 15) is 4.79 Å². The number of nitrogens with one attached hydrogen (secondary N) is 2. The quantitative estimate of drug-likeness (QED) is 0.652.